The Morgan fingerprint density at radius 3 is 2.76 bits per heavy atom. The zero-order chi connectivity index (χ0) is 17.6. The van der Waals surface area contributed by atoms with Crippen molar-refractivity contribution >= 4 is 57.6 Å². The summed E-state index contributed by atoms with van der Waals surface area (Å²) in [5.74, 6) is 0.964. The van der Waals surface area contributed by atoms with Crippen LogP contribution in [0.3, 0.4) is 0 Å². The molecule has 25 heavy (non-hydrogen) atoms. The Balaban J connectivity index is 1.67. The van der Waals surface area contributed by atoms with Gasteiger partial charge in [-0.1, -0.05) is 53.3 Å². The van der Waals surface area contributed by atoms with Crippen LogP contribution in [0.4, 0.5) is 5.69 Å². The molecule has 0 aromatic heterocycles. The summed E-state index contributed by atoms with van der Waals surface area (Å²) in [6, 6.07) is 11.2. The van der Waals surface area contributed by atoms with E-state index in [1.165, 1.54) is 11.8 Å². The fourth-order valence-corrected chi connectivity index (χ4v) is 4.18. The molecule has 1 amide bonds. The number of carbonyl (C=O) groups is 1. The fraction of sp³-hybridized carbons (Fsp3) is 0.111. The maximum atomic E-state index is 12.8. The van der Waals surface area contributed by atoms with Gasteiger partial charge in [0.15, 0.2) is 15.8 Å². The SMILES string of the molecule is Cc1ccc(N2C(=O)/C(=C\c3cc(Cl)c4c(c3)OCO4)SC2=S)cc1. The van der Waals surface area contributed by atoms with E-state index in [1.807, 2.05) is 31.2 Å². The number of halogens is 1. The Hall–Kier alpha value is -2.02. The molecule has 7 heteroatoms. The molecule has 0 aliphatic carbocycles. The normalized spacial score (nSPS) is 17.7. The van der Waals surface area contributed by atoms with Crippen LogP contribution in [0, 0.1) is 6.92 Å². The summed E-state index contributed by atoms with van der Waals surface area (Å²) >= 11 is 12.9. The highest BCUT2D eigenvalue weighted by Gasteiger charge is 2.33. The van der Waals surface area contributed by atoms with Gasteiger partial charge in [-0.15, -0.1) is 0 Å². The molecule has 0 unspecified atom stereocenters. The third-order valence-electron chi connectivity index (χ3n) is 3.83. The van der Waals surface area contributed by atoms with Crippen LogP contribution >= 0.6 is 35.6 Å². The molecule has 4 rings (SSSR count). The van der Waals surface area contributed by atoms with E-state index in [0.717, 1.165) is 16.8 Å². The van der Waals surface area contributed by atoms with Crippen molar-refractivity contribution in [2.75, 3.05) is 11.7 Å². The Morgan fingerprint density at radius 2 is 2.00 bits per heavy atom. The van der Waals surface area contributed by atoms with Crippen LogP contribution in [0.1, 0.15) is 11.1 Å². The highest BCUT2D eigenvalue weighted by molar-refractivity contribution is 8.27. The summed E-state index contributed by atoms with van der Waals surface area (Å²) in [6.45, 7) is 2.14. The van der Waals surface area contributed by atoms with Crippen molar-refractivity contribution in [3.63, 3.8) is 0 Å². The summed E-state index contributed by atoms with van der Waals surface area (Å²) < 4.78 is 11.2. The van der Waals surface area contributed by atoms with Crippen molar-refractivity contribution in [3.05, 3.63) is 57.5 Å². The fourth-order valence-electron chi connectivity index (χ4n) is 2.61. The number of rotatable bonds is 2. The number of hydrogen-bond acceptors (Lipinski definition) is 5. The van der Waals surface area contributed by atoms with Gasteiger partial charge < -0.3 is 9.47 Å². The van der Waals surface area contributed by atoms with E-state index in [9.17, 15) is 4.79 Å². The topological polar surface area (TPSA) is 38.8 Å². The molecule has 0 N–H and O–H groups in total. The number of ether oxygens (including phenoxy) is 2. The van der Waals surface area contributed by atoms with E-state index in [-0.39, 0.29) is 12.7 Å². The molecule has 4 nitrogen and oxygen atoms in total. The lowest BCUT2D eigenvalue weighted by atomic mass is 10.1. The van der Waals surface area contributed by atoms with Crippen LogP contribution < -0.4 is 14.4 Å². The minimum atomic E-state index is -0.146. The van der Waals surface area contributed by atoms with Crippen LogP contribution in [0.5, 0.6) is 11.5 Å². The molecule has 2 aromatic carbocycles. The van der Waals surface area contributed by atoms with E-state index in [0.29, 0.717) is 25.7 Å². The first kappa shape index (κ1) is 16.4. The minimum Gasteiger partial charge on any atom is -0.454 e. The second-order valence-electron chi connectivity index (χ2n) is 5.59. The third kappa shape index (κ3) is 3.01. The molecule has 2 heterocycles. The maximum Gasteiger partial charge on any atom is 0.270 e. The average Bonchev–Trinajstić information content (AvgIpc) is 3.14. The number of carbonyl (C=O) groups excluding carboxylic acids is 1. The molecule has 2 aromatic rings. The van der Waals surface area contributed by atoms with Crippen LogP contribution in [-0.4, -0.2) is 17.0 Å². The highest BCUT2D eigenvalue weighted by Crippen LogP contribution is 2.42. The summed E-state index contributed by atoms with van der Waals surface area (Å²) in [7, 11) is 0. The van der Waals surface area contributed by atoms with E-state index in [2.05, 4.69) is 0 Å². The lowest BCUT2D eigenvalue weighted by Crippen LogP contribution is -2.27. The molecule has 0 bridgehead atoms. The molecule has 2 aliphatic heterocycles. The number of amides is 1. The van der Waals surface area contributed by atoms with Crippen molar-refractivity contribution in [3.8, 4) is 11.5 Å². The van der Waals surface area contributed by atoms with Gasteiger partial charge >= 0.3 is 0 Å². The predicted molar refractivity (Wildman–Crippen MR) is 104 cm³/mol. The van der Waals surface area contributed by atoms with Gasteiger partial charge in [0, 0.05) is 0 Å². The molecule has 0 atom stereocenters. The van der Waals surface area contributed by atoms with E-state index < -0.39 is 0 Å². The molecule has 0 radical (unpaired) electrons. The quantitative estimate of drug-likeness (QED) is 0.545. The average molecular weight is 390 g/mol. The summed E-state index contributed by atoms with van der Waals surface area (Å²) in [5.41, 5.74) is 2.65. The predicted octanol–water partition coefficient (Wildman–Crippen LogP) is 4.78. The van der Waals surface area contributed by atoms with E-state index in [1.54, 1.807) is 23.1 Å². The van der Waals surface area contributed by atoms with E-state index in [4.69, 9.17) is 33.3 Å². The number of nitrogens with zero attached hydrogens (tertiary/aromatic N) is 1. The minimum absolute atomic E-state index is 0.146. The van der Waals surface area contributed by atoms with Crippen molar-refractivity contribution in [1.82, 2.24) is 0 Å². The lowest BCUT2D eigenvalue weighted by Gasteiger charge is -2.14. The molecule has 0 saturated carbocycles. The van der Waals surface area contributed by atoms with Crippen LogP contribution in [0.2, 0.25) is 5.02 Å². The van der Waals surface area contributed by atoms with E-state index >= 15 is 0 Å². The third-order valence-corrected chi connectivity index (χ3v) is 5.42. The molecule has 126 valence electrons. The highest BCUT2D eigenvalue weighted by atomic mass is 35.5. The zero-order valence-corrected chi connectivity index (χ0v) is 15.5. The number of thiocarbonyl (C=S) groups is 1. The molecule has 0 spiro atoms. The van der Waals surface area contributed by atoms with Gasteiger partial charge in [-0.3, -0.25) is 9.69 Å². The first-order chi connectivity index (χ1) is 12.0. The summed E-state index contributed by atoms with van der Waals surface area (Å²) in [6.07, 6.45) is 1.77. The molecular formula is C18H12ClNO3S2. The standard InChI is InChI=1S/C18H12ClNO3S2/c1-10-2-4-12(5-3-10)20-17(21)15(25-18(20)24)8-11-6-13(19)16-14(7-11)22-9-23-16/h2-8H,9H2,1H3/b15-8+. The zero-order valence-electron chi connectivity index (χ0n) is 13.1. The Morgan fingerprint density at radius 1 is 1.24 bits per heavy atom. The van der Waals surface area contributed by atoms with Gasteiger partial charge in [0.05, 0.1) is 15.6 Å². The van der Waals surface area contributed by atoms with Crippen molar-refractivity contribution in [2.45, 2.75) is 6.92 Å². The van der Waals surface area contributed by atoms with Gasteiger partial charge in [-0.2, -0.15) is 0 Å². The van der Waals surface area contributed by atoms with Crippen LogP contribution in [0.15, 0.2) is 41.3 Å². The van der Waals surface area contributed by atoms with Crippen LogP contribution in [0.25, 0.3) is 6.08 Å². The van der Waals surface area contributed by atoms with Crippen molar-refractivity contribution < 1.29 is 14.3 Å². The Bertz CT molecular complexity index is 925. The summed E-state index contributed by atoms with van der Waals surface area (Å²) in [4.78, 5) is 14.9. The number of hydrogen-bond donors (Lipinski definition) is 0. The molecule has 1 fully saturated rings. The first-order valence-corrected chi connectivity index (χ1v) is 9.07. The van der Waals surface area contributed by atoms with Gasteiger partial charge in [0.1, 0.15) is 0 Å². The van der Waals surface area contributed by atoms with Gasteiger partial charge in [-0.25, -0.2) is 0 Å². The summed E-state index contributed by atoms with van der Waals surface area (Å²) in [5, 5.41) is 0.454. The molecule has 1 saturated heterocycles. The Labute approximate surface area is 159 Å². The van der Waals surface area contributed by atoms with Crippen molar-refractivity contribution in [2.24, 2.45) is 0 Å². The van der Waals surface area contributed by atoms with Gasteiger partial charge in [-0.05, 0) is 42.8 Å². The van der Waals surface area contributed by atoms with Crippen LogP contribution in [-0.2, 0) is 4.79 Å². The van der Waals surface area contributed by atoms with Gasteiger partial charge in [0.25, 0.3) is 5.91 Å². The smallest absolute Gasteiger partial charge is 0.270 e. The first-order valence-electron chi connectivity index (χ1n) is 7.47. The number of benzene rings is 2. The lowest BCUT2D eigenvalue weighted by molar-refractivity contribution is -0.113. The maximum absolute atomic E-state index is 12.8. The van der Waals surface area contributed by atoms with Crippen molar-refractivity contribution in [1.29, 1.82) is 0 Å². The Kier molecular flexibility index (Phi) is 4.19. The van der Waals surface area contributed by atoms with Gasteiger partial charge in [0.2, 0.25) is 6.79 Å². The monoisotopic (exact) mass is 389 g/mol. The number of anilines is 1. The number of thioether (sulfide) groups is 1. The molecular weight excluding hydrogens is 378 g/mol. The number of aryl methyl sites for hydroxylation is 1. The second kappa shape index (κ2) is 6.37. The largest absolute Gasteiger partial charge is 0.454 e. The number of fused-ring (bicyclic) bond motifs is 1. The molecule has 2 aliphatic rings. The second-order valence-corrected chi connectivity index (χ2v) is 7.67.